The van der Waals surface area contributed by atoms with E-state index < -0.39 is 55.6 Å². The van der Waals surface area contributed by atoms with Gasteiger partial charge in [-0.25, -0.2) is 4.98 Å². The van der Waals surface area contributed by atoms with Crippen molar-refractivity contribution in [2.24, 2.45) is 0 Å². The van der Waals surface area contributed by atoms with Crippen LogP contribution in [0.4, 0.5) is 0 Å². The smallest absolute Gasteiger partial charge is 0.226 e. The SMILES string of the molecule is O=C(Cc1cnc[nH]1)NCCSCC1OCC(O)CC1OC1OC(CO)C(O)C(O)C1O. The molecular weight excluding hydrogens is 446 g/mol. The van der Waals surface area contributed by atoms with Gasteiger partial charge in [-0.2, -0.15) is 11.8 Å². The normalized spacial score (nSPS) is 35.5. The van der Waals surface area contributed by atoms with Gasteiger partial charge in [0.2, 0.25) is 5.91 Å². The number of nitrogens with zero attached hydrogens (tertiary/aromatic N) is 1. The lowest BCUT2D eigenvalue weighted by atomic mass is 9.98. The number of hydrogen-bond donors (Lipinski definition) is 7. The van der Waals surface area contributed by atoms with Crippen LogP contribution in [0.15, 0.2) is 12.5 Å². The second-order valence-corrected chi connectivity index (χ2v) is 8.96. The van der Waals surface area contributed by atoms with E-state index in [1.165, 1.54) is 18.1 Å². The van der Waals surface area contributed by atoms with Gasteiger partial charge >= 0.3 is 0 Å². The number of thioether (sulfide) groups is 1. The highest BCUT2D eigenvalue weighted by atomic mass is 32.2. The van der Waals surface area contributed by atoms with Gasteiger partial charge in [0.15, 0.2) is 6.29 Å². The summed E-state index contributed by atoms with van der Waals surface area (Å²) in [5, 5.41) is 52.2. The molecule has 0 bridgehead atoms. The van der Waals surface area contributed by atoms with Crippen LogP contribution >= 0.6 is 11.8 Å². The molecule has 0 radical (unpaired) electrons. The molecule has 8 atom stereocenters. The Bertz CT molecular complexity index is 696. The molecule has 2 saturated heterocycles. The van der Waals surface area contributed by atoms with Crippen molar-refractivity contribution in [2.45, 2.75) is 61.9 Å². The number of carbonyl (C=O) groups is 1. The molecule has 182 valence electrons. The minimum Gasteiger partial charge on any atom is -0.394 e. The first-order valence-electron chi connectivity index (χ1n) is 10.5. The summed E-state index contributed by atoms with van der Waals surface area (Å²) in [6, 6.07) is 0. The van der Waals surface area contributed by atoms with Crippen LogP contribution in [0, 0.1) is 0 Å². The molecule has 1 aromatic heterocycles. The fourth-order valence-electron chi connectivity index (χ4n) is 3.56. The number of hydrogen-bond acceptors (Lipinski definition) is 11. The molecule has 0 saturated carbocycles. The Morgan fingerprint density at radius 3 is 2.78 bits per heavy atom. The van der Waals surface area contributed by atoms with Gasteiger partial charge in [0.25, 0.3) is 0 Å². The molecule has 2 aliphatic heterocycles. The number of aliphatic hydroxyl groups is 5. The maximum absolute atomic E-state index is 11.9. The van der Waals surface area contributed by atoms with Crippen LogP contribution in [-0.4, -0.2) is 122 Å². The fraction of sp³-hybridized carbons (Fsp3) is 0.789. The molecule has 3 heterocycles. The van der Waals surface area contributed by atoms with Crippen molar-refractivity contribution >= 4 is 17.7 Å². The van der Waals surface area contributed by atoms with E-state index in [0.717, 1.165) is 5.69 Å². The van der Waals surface area contributed by atoms with Gasteiger partial charge in [-0.15, -0.1) is 0 Å². The van der Waals surface area contributed by atoms with Gasteiger partial charge < -0.3 is 50.0 Å². The molecule has 7 N–H and O–H groups in total. The van der Waals surface area contributed by atoms with E-state index in [2.05, 4.69) is 15.3 Å². The monoisotopic (exact) mass is 477 g/mol. The van der Waals surface area contributed by atoms with Gasteiger partial charge in [-0.1, -0.05) is 0 Å². The van der Waals surface area contributed by atoms with Crippen LogP contribution in [-0.2, 0) is 25.4 Å². The quantitative estimate of drug-likeness (QED) is 0.172. The Hall–Kier alpha value is -1.29. The molecule has 0 aliphatic carbocycles. The third-order valence-corrected chi connectivity index (χ3v) is 6.39. The second-order valence-electron chi connectivity index (χ2n) is 7.81. The maximum Gasteiger partial charge on any atom is 0.226 e. The summed E-state index contributed by atoms with van der Waals surface area (Å²) in [5.41, 5.74) is 0.734. The Labute approximate surface area is 189 Å². The van der Waals surface area contributed by atoms with Gasteiger partial charge in [0.05, 0.1) is 44.3 Å². The molecule has 13 heteroatoms. The predicted octanol–water partition coefficient (Wildman–Crippen LogP) is -2.86. The summed E-state index contributed by atoms with van der Waals surface area (Å²) in [5.74, 6) is 1.02. The van der Waals surface area contributed by atoms with Crippen molar-refractivity contribution < 1.29 is 44.5 Å². The lowest BCUT2D eigenvalue weighted by Gasteiger charge is -2.43. The predicted molar refractivity (Wildman–Crippen MR) is 112 cm³/mol. The van der Waals surface area contributed by atoms with Crippen LogP contribution in [0.3, 0.4) is 0 Å². The molecule has 32 heavy (non-hydrogen) atoms. The molecule has 2 fully saturated rings. The topological polar surface area (TPSA) is 187 Å². The fourth-order valence-corrected chi connectivity index (χ4v) is 4.52. The number of rotatable bonds is 10. The Morgan fingerprint density at radius 1 is 1.25 bits per heavy atom. The summed E-state index contributed by atoms with van der Waals surface area (Å²) < 4.78 is 16.9. The molecule has 0 spiro atoms. The highest BCUT2D eigenvalue weighted by molar-refractivity contribution is 7.99. The number of aliphatic hydroxyl groups excluding tert-OH is 5. The van der Waals surface area contributed by atoms with Crippen molar-refractivity contribution in [1.82, 2.24) is 15.3 Å². The number of aromatic nitrogens is 2. The molecular formula is C19H31N3O9S. The number of ether oxygens (including phenoxy) is 3. The Kier molecular flexibility index (Phi) is 9.70. The maximum atomic E-state index is 11.9. The van der Waals surface area contributed by atoms with Gasteiger partial charge in [0, 0.05) is 36.4 Å². The van der Waals surface area contributed by atoms with Gasteiger partial charge in [-0.3, -0.25) is 4.79 Å². The van der Waals surface area contributed by atoms with Crippen molar-refractivity contribution in [3.05, 3.63) is 18.2 Å². The minimum absolute atomic E-state index is 0.115. The van der Waals surface area contributed by atoms with Crippen molar-refractivity contribution in [1.29, 1.82) is 0 Å². The zero-order valence-electron chi connectivity index (χ0n) is 17.4. The number of nitrogens with one attached hydrogen (secondary N) is 2. The van der Waals surface area contributed by atoms with Crippen molar-refractivity contribution in [2.75, 3.05) is 31.3 Å². The first kappa shape index (κ1) is 25.3. The molecule has 1 aromatic rings. The third kappa shape index (κ3) is 6.85. The molecule has 12 nitrogen and oxygen atoms in total. The number of carbonyl (C=O) groups excluding carboxylic acids is 1. The van der Waals surface area contributed by atoms with E-state index in [9.17, 15) is 30.3 Å². The zero-order valence-corrected chi connectivity index (χ0v) is 18.3. The van der Waals surface area contributed by atoms with E-state index in [4.69, 9.17) is 14.2 Å². The van der Waals surface area contributed by atoms with Crippen molar-refractivity contribution in [3.8, 4) is 0 Å². The second kappa shape index (κ2) is 12.3. The lowest BCUT2D eigenvalue weighted by molar-refractivity contribution is -0.323. The van der Waals surface area contributed by atoms with Crippen molar-refractivity contribution in [3.63, 3.8) is 0 Å². The summed E-state index contributed by atoms with van der Waals surface area (Å²) in [6.45, 7) is 0.0475. The third-order valence-electron chi connectivity index (χ3n) is 5.34. The highest BCUT2D eigenvalue weighted by Crippen LogP contribution is 2.28. The summed E-state index contributed by atoms with van der Waals surface area (Å²) in [6.07, 6.45) is -5.15. The lowest BCUT2D eigenvalue weighted by Crippen LogP contribution is -2.60. The standard InChI is InChI=1S/C19H31N3O9S/c23-6-13-16(26)17(27)18(28)19(31-13)30-12-4-11(24)7-29-14(12)8-32-2-1-21-15(25)3-10-5-20-9-22-10/h5,9,11-14,16-19,23-24,26-28H,1-4,6-8H2,(H,20,22)(H,21,25). The zero-order chi connectivity index (χ0) is 23.1. The molecule has 2 aliphatic rings. The molecule has 1 amide bonds. The summed E-state index contributed by atoms with van der Waals surface area (Å²) >= 11 is 1.53. The Balaban J connectivity index is 1.44. The van der Waals surface area contributed by atoms with E-state index >= 15 is 0 Å². The first-order valence-corrected chi connectivity index (χ1v) is 11.6. The van der Waals surface area contributed by atoms with E-state index in [1.807, 2.05) is 0 Å². The average molecular weight is 478 g/mol. The minimum atomic E-state index is -1.54. The van der Waals surface area contributed by atoms with Crippen LogP contribution < -0.4 is 5.32 Å². The summed E-state index contributed by atoms with van der Waals surface area (Å²) in [7, 11) is 0. The first-order chi connectivity index (χ1) is 15.4. The van der Waals surface area contributed by atoms with E-state index in [-0.39, 0.29) is 25.4 Å². The summed E-state index contributed by atoms with van der Waals surface area (Å²) in [4.78, 5) is 18.6. The Morgan fingerprint density at radius 2 is 2.06 bits per heavy atom. The highest BCUT2D eigenvalue weighted by Gasteiger charge is 2.46. The largest absolute Gasteiger partial charge is 0.394 e. The average Bonchev–Trinajstić information content (AvgIpc) is 3.28. The van der Waals surface area contributed by atoms with Gasteiger partial charge in [-0.05, 0) is 0 Å². The van der Waals surface area contributed by atoms with Crippen LogP contribution in [0.25, 0.3) is 0 Å². The number of aromatic amines is 1. The molecule has 0 aromatic carbocycles. The number of amides is 1. The number of imidazole rings is 1. The van der Waals surface area contributed by atoms with E-state index in [1.54, 1.807) is 6.20 Å². The molecule has 8 unspecified atom stereocenters. The van der Waals surface area contributed by atoms with Gasteiger partial charge in [0.1, 0.15) is 24.4 Å². The van der Waals surface area contributed by atoms with Crippen LogP contribution in [0.5, 0.6) is 0 Å². The van der Waals surface area contributed by atoms with Crippen LogP contribution in [0.2, 0.25) is 0 Å². The van der Waals surface area contributed by atoms with E-state index in [0.29, 0.717) is 18.1 Å². The van der Waals surface area contributed by atoms with Crippen LogP contribution in [0.1, 0.15) is 12.1 Å². The number of H-pyrrole nitrogens is 1. The molecule has 3 rings (SSSR count).